The van der Waals surface area contributed by atoms with Gasteiger partial charge in [-0.2, -0.15) is 0 Å². The molecule has 0 atom stereocenters. The highest BCUT2D eigenvalue weighted by atomic mass is 19.1. The molecule has 0 spiro atoms. The van der Waals surface area contributed by atoms with Crippen LogP contribution in [-0.4, -0.2) is 19.6 Å². The number of ether oxygens (including phenoxy) is 2. The highest BCUT2D eigenvalue weighted by molar-refractivity contribution is 6.05. The van der Waals surface area contributed by atoms with Gasteiger partial charge in [0.1, 0.15) is 22.9 Å². The van der Waals surface area contributed by atoms with E-state index in [1.165, 1.54) is 12.1 Å². The molecule has 4 rings (SSSR count). The number of anilines is 1. The normalized spacial score (nSPS) is 11.5. The first-order chi connectivity index (χ1) is 16.4. The number of hydrogen-bond acceptors (Lipinski definition) is 4. The first-order valence-electron chi connectivity index (χ1n) is 11.0. The summed E-state index contributed by atoms with van der Waals surface area (Å²) in [6, 6.07) is 16.1. The fourth-order valence-electron chi connectivity index (χ4n) is 3.76. The molecule has 0 bridgehead atoms. The van der Waals surface area contributed by atoms with E-state index in [1.807, 2.05) is 50.2 Å². The molecular formula is C28H26FNO4. The molecule has 0 fully saturated rings. The number of rotatable bonds is 7. The minimum absolute atomic E-state index is 0.356. The lowest BCUT2D eigenvalue weighted by Gasteiger charge is -2.12. The van der Waals surface area contributed by atoms with Gasteiger partial charge < -0.3 is 19.2 Å². The van der Waals surface area contributed by atoms with E-state index < -0.39 is 0 Å². The number of hydrogen-bond donors (Lipinski definition) is 1. The summed E-state index contributed by atoms with van der Waals surface area (Å²) in [6.45, 7) is 5.88. The van der Waals surface area contributed by atoms with Gasteiger partial charge in [-0.1, -0.05) is 18.2 Å². The van der Waals surface area contributed by atoms with Crippen molar-refractivity contribution in [2.75, 3.05) is 19.0 Å². The van der Waals surface area contributed by atoms with E-state index in [1.54, 1.807) is 32.4 Å². The van der Waals surface area contributed by atoms with E-state index in [2.05, 4.69) is 5.32 Å². The zero-order valence-electron chi connectivity index (χ0n) is 19.6. The van der Waals surface area contributed by atoms with Crippen LogP contribution in [0.1, 0.15) is 25.0 Å². The van der Waals surface area contributed by atoms with Gasteiger partial charge in [0.25, 0.3) is 0 Å². The zero-order chi connectivity index (χ0) is 24.2. The fraction of sp³-hybridized carbons (Fsp3) is 0.179. The molecule has 174 valence electrons. The minimum atomic E-state index is -0.367. The van der Waals surface area contributed by atoms with Crippen LogP contribution in [0.15, 0.2) is 71.4 Å². The second-order valence-electron chi connectivity index (χ2n) is 7.94. The Kier molecular flexibility index (Phi) is 6.68. The van der Waals surface area contributed by atoms with Gasteiger partial charge in [0, 0.05) is 34.3 Å². The van der Waals surface area contributed by atoms with Crippen molar-refractivity contribution in [2.24, 2.45) is 0 Å². The molecule has 3 aromatic carbocycles. The molecule has 0 saturated heterocycles. The van der Waals surface area contributed by atoms with Gasteiger partial charge in [-0.3, -0.25) is 4.79 Å². The van der Waals surface area contributed by atoms with Gasteiger partial charge in [0.15, 0.2) is 0 Å². The molecule has 1 N–H and O–H groups in total. The third-order valence-corrected chi connectivity index (χ3v) is 5.59. The summed E-state index contributed by atoms with van der Waals surface area (Å²) in [6.07, 6.45) is 3.19. The topological polar surface area (TPSA) is 60.7 Å². The number of fused-ring (bicyclic) bond motifs is 1. The third kappa shape index (κ3) is 4.81. The van der Waals surface area contributed by atoms with Crippen molar-refractivity contribution in [3.8, 4) is 22.6 Å². The van der Waals surface area contributed by atoms with Crippen molar-refractivity contribution in [1.82, 2.24) is 0 Å². The highest BCUT2D eigenvalue weighted by Crippen LogP contribution is 2.38. The first kappa shape index (κ1) is 23.1. The van der Waals surface area contributed by atoms with E-state index in [-0.39, 0.29) is 11.7 Å². The molecule has 5 nitrogen and oxygen atoms in total. The number of carbonyl (C=O) groups excluding carboxylic acids is 1. The molecule has 0 aliphatic carbocycles. The molecule has 0 saturated carbocycles. The maximum atomic E-state index is 13.8. The van der Waals surface area contributed by atoms with Crippen molar-refractivity contribution < 1.29 is 23.1 Å². The molecule has 1 heterocycles. The lowest BCUT2D eigenvalue weighted by atomic mass is 9.99. The quantitative estimate of drug-likeness (QED) is 0.302. The number of halogens is 1. The van der Waals surface area contributed by atoms with E-state index in [9.17, 15) is 9.18 Å². The van der Waals surface area contributed by atoms with Crippen LogP contribution in [-0.2, 0) is 4.79 Å². The summed E-state index contributed by atoms with van der Waals surface area (Å²) in [7, 11) is 1.63. The van der Waals surface area contributed by atoms with Crippen molar-refractivity contribution in [1.29, 1.82) is 0 Å². The average molecular weight is 460 g/mol. The smallest absolute Gasteiger partial charge is 0.248 e. The first-order valence-corrected chi connectivity index (χ1v) is 11.0. The highest BCUT2D eigenvalue weighted by Gasteiger charge is 2.15. The molecule has 0 unspecified atom stereocenters. The van der Waals surface area contributed by atoms with Crippen LogP contribution in [0.3, 0.4) is 0 Å². The van der Waals surface area contributed by atoms with Crippen molar-refractivity contribution in [3.63, 3.8) is 0 Å². The summed E-state index contributed by atoms with van der Waals surface area (Å²) in [5.41, 5.74) is 4.99. The maximum Gasteiger partial charge on any atom is 0.248 e. The minimum Gasteiger partial charge on any atom is -0.497 e. The molecule has 0 radical (unpaired) electrons. The number of benzene rings is 3. The molecule has 1 aromatic heterocycles. The predicted octanol–water partition coefficient (Wildman–Crippen LogP) is 7.00. The number of amides is 1. The van der Waals surface area contributed by atoms with Crippen LogP contribution in [0.2, 0.25) is 0 Å². The Labute approximate surface area is 197 Å². The Morgan fingerprint density at radius 1 is 1.12 bits per heavy atom. The third-order valence-electron chi connectivity index (χ3n) is 5.59. The monoisotopic (exact) mass is 459 g/mol. The van der Waals surface area contributed by atoms with Crippen LogP contribution in [0.25, 0.3) is 27.7 Å². The largest absolute Gasteiger partial charge is 0.497 e. The van der Waals surface area contributed by atoms with Gasteiger partial charge in [-0.15, -0.1) is 0 Å². The summed E-state index contributed by atoms with van der Waals surface area (Å²) < 4.78 is 30.7. The van der Waals surface area contributed by atoms with Crippen molar-refractivity contribution in [3.05, 3.63) is 83.9 Å². The number of nitrogens with one attached hydrogen (secondary N) is 1. The molecule has 0 aliphatic heterocycles. The molecular weight excluding hydrogens is 433 g/mol. The molecule has 0 aliphatic rings. The zero-order valence-corrected chi connectivity index (χ0v) is 19.6. The summed E-state index contributed by atoms with van der Waals surface area (Å²) in [5.74, 6) is 0.669. The fourth-order valence-corrected chi connectivity index (χ4v) is 3.76. The van der Waals surface area contributed by atoms with E-state index in [0.717, 1.165) is 27.8 Å². The summed E-state index contributed by atoms with van der Waals surface area (Å²) in [5, 5.41) is 3.62. The predicted molar refractivity (Wildman–Crippen MR) is 133 cm³/mol. The second-order valence-corrected chi connectivity index (χ2v) is 7.94. The average Bonchev–Trinajstić information content (AvgIpc) is 3.24. The van der Waals surface area contributed by atoms with Crippen LogP contribution >= 0.6 is 0 Å². The van der Waals surface area contributed by atoms with Gasteiger partial charge >= 0.3 is 0 Å². The van der Waals surface area contributed by atoms with Gasteiger partial charge in [-0.05, 0) is 67.8 Å². The van der Waals surface area contributed by atoms with Gasteiger partial charge in [0.2, 0.25) is 5.91 Å². The van der Waals surface area contributed by atoms with E-state index in [0.29, 0.717) is 34.8 Å². The van der Waals surface area contributed by atoms with Gasteiger partial charge in [-0.25, -0.2) is 4.39 Å². The lowest BCUT2D eigenvalue weighted by molar-refractivity contribution is -0.111. The molecule has 1 amide bonds. The van der Waals surface area contributed by atoms with Crippen LogP contribution < -0.4 is 14.8 Å². The summed E-state index contributed by atoms with van der Waals surface area (Å²) in [4.78, 5) is 12.6. The maximum absolute atomic E-state index is 13.8. The second kappa shape index (κ2) is 9.83. The van der Waals surface area contributed by atoms with Crippen molar-refractivity contribution in [2.45, 2.75) is 20.8 Å². The Morgan fingerprint density at radius 3 is 2.56 bits per heavy atom. The van der Waals surface area contributed by atoms with Crippen LogP contribution in [0, 0.1) is 12.7 Å². The molecule has 6 heteroatoms. The SMILES string of the molecule is CCOc1cc2occ(-c3ccc(OC)cc3)c2cc1/C(C)=C/C(=O)Nc1ccc(C)c(F)c1. The number of aryl methyl sites for hydroxylation is 1. The Morgan fingerprint density at radius 2 is 1.88 bits per heavy atom. The number of methoxy groups -OCH3 is 1. The standard InChI is InChI=1S/C28H26FNO4/c1-5-33-26-15-27-23(24(16-34-27)19-7-10-21(32-4)11-8-19)14-22(26)18(3)12-28(31)30-20-9-6-17(2)25(29)13-20/h6-16H,5H2,1-4H3,(H,30,31)/b18-12+. The van der Waals surface area contributed by atoms with Crippen LogP contribution in [0.4, 0.5) is 10.1 Å². The number of allylic oxidation sites excluding steroid dienone is 1. The number of carbonyl (C=O) groups is 1. The Hall–Kier alpha value is -4.06. The van der Waals surface area contributed by atoms with E-state index in [4.69, 9.17) is 13.9 Å². The molecule has 4 aromatic rings. The Balaban J connectivity index is 1.70. The Bertz CT molecular complexity index is 1370. The molecule has 34 heavy (non-hydrogen) atoms. The number of furan rings is 1. The lowest BCUT2D eigenvalue weighted by Crippen LogP contribution is -2.09. The van der Waals surface area contributed by atoms with E-state index >= 15 is 0 Å². The van der Waals surface area contributed by atoms with Crippen molar-refractivity contribution >= 4 is 28.1 Å². The van der Waals surface area contributed by atoms with Crippen LogP contribution in [0.5, 0.6) is 11.5 Å². The summed E-state index contributed by atoms with van der Waals surface area (Å²) >= 11 is 0. The van der Waals surface area contributed by atoms with Gasteiger partial charge in [0.05, 0.1) is 20.0 Å².